The lowest BCUT2D eigenvalue weighted by molar-refractivity contribution is -0.136. The molecule has 20 nitrogen and oxygen atoms in total. The molecule has 0 radical (unpaired) electrons. The normalized spacial score (nSPS) is 16.5. The van der Waals surface area contributed by atoms with Crippen LogP contribution in [0, 0.1) is 0 Å². The Labute approximate surface area is 396 Å². The van der Waals surface area contributed by atoms with Gasteiger partial charge in [-0.25, -0.2) is 14.6 Å². The molecular formula is C49H52N10O10. The van der Waals surface area contributed by atoms with Crippen LogP contribution in [-0.2, 0) is 33.4 Å². The van der Waals surface area contributed by atoms with E-state index < -0.39 is 41.5 Å². The number of carbonyl (C=O) groups is 7. The number of ether oxygens (including phenoxy) is 3. The molecular weight excluding hydrogens is 889 g/mol. The van der Waals surface area contributed by atoms with Crippen molar-refractivity contribution in [3.05, 3.63) is 95.8 Å². The van der Waals surface area contributed by atoms with Gasteiger partial charge in [0, 0.05) is 56.5 Å². The van der Waals surface area contributed by atoms with Crippen molar-refractivity contribution in [2.45, 2.75) is 63.5 Å². The van der Waals surface area contributed by atoms with Crippen molar-refractivity contribution >= 4 is 70.5 Å². The van der Waals surface area contributed by atoms with Gasteiger partial charge in [0.15, 0.2) is 5.65 Å². The molecule has 8 rings (SSSR count). The number of piperidine rings is 2. The Kier molecular flexibility index (Phi) is 15.5. The summed E-state index contributed by atoms with van der Waals surface area (Å²) in [6.07, 6.45) is 9.71. The van der Waals surface area contributed by atoms with Crippen LogP contribution in [0.3, 0.4) is 0 Å². The third kappa shape index (κ3) is 11.4. The maximum Gasteiger partial charge on any atom is 0.264 e. The van der Waals surface area contributed by atoms with Gasteiger partial charge in [-0.3, -0.25) is 49.1 Å². The SMILES string of the molecule is Nc1ncnc2c1c(-c1ccc(Oc3ccccc3)c(C=CC(=O)NC=O)c1)nn2C1CCN(CCCCOCCCCOCC(=O)Nc2cccc3c2C(=O)N(C2CCC(=O)NC2=O)C3=O)CC1. The summed E-state index contributed by atoms with van der Waals surface area (Å²) in [5.74, 6) is -2.18. The van der Waals surface area contributed by atoms with Crippen molar-refractivity contribution in [1.82, 2.24) is 40.2 Å². The summed E-state index contributed by atoms with van der Waals surface area (Å²) < 4.78 is 19.5. The number of rotatable bonds is 21. The number of nitrogens with one attached hydrogen (secondary N) is 3. The molecule has 5 heterocycles. The Morgan fingerprint density at radius 3 is 2.41 bits per heavy atom. The first-order valence-electron chi connectivity index (χ1n) is 22.9. The number of para-hydroxylation sites is 1. The Morgan fingerprint density at radius 1 is 0.870 bits per heavy atom. The van der Waals surface area contributed by atoms with E-state index in [1.165, 1.54) is 24.5 Å². The first-order valence-corrected chi connectivity index (χ1v) is 22.9. The number of benzene rings is 3. The van der Waals surface area contributed by atoms with E-state index in [1.54, 1.807) is 18.2 Å². The van der Waals surface area contributed by atoms with Crippen LogP contribution in [0.1, 0.15) is 83.7 Å². The second kappa shape index (κ2) is 22.4. The summed E-state index contributed by atoms with van der Waals surface area (Å²) in [6, 6.07) is 18.3. The number of imide groups is 3. The standard InChI is InChI=1S/C49H52N10O10/c50-45-43-44(32-13-16-38(69-34-9-2-1-3-10-34)31(27-32)14-17-39(61)53-30-60)56-59(46(43)52-29-51-45)33-19-22-57(23-20-33)21-4-5-24-67-25-6-7-26-68-28-41(63)54-36-12-8-11-35-42(36)49(66)58(48(35)65)37-15-18-40(62)55-47(37)64/h1-3,8-14,16-17,27,29-30,33,37H,4-7,15,18-26,28H2,(H,54,63)(H2,50,51,52)(H,53,60,61)(H,55,62,64). The van der Waals surface area contributed by atoms with E-state index in [0.717, 1.165) is 62.2 Å². The summed E-state index contributed by atoms with van der Waals surface area (Å²) >= 11 is 0. The van der Waals surface area contributed by atoms with Gasteiger partial charge in [-0.1, -0.05) is 24.3 Å². The molecule has 3 aromatic carbocycles. The highest BCUT2D eigenvalue weighted by atomic mass is 16.5. The van der Waals surface area contributed by atoms with Crippen LogP contribution < -0.4 is 26.4 Å². The number of fused-ring (bicyclic) bond motifs is 2. The highest BCUT2D eigenvalue weighted by molar-refractivity contribution is 6.26. The summed E-state index contributed by atoms with van der Waals surface area (Å²) in [5.41, 5.74) is 9.25. The van der Waals surface area contributed by atoms with E-state index in [9.17, 15) is 33.6 Å². The van der Waals surface area contributed by atoms with Crippen molar-refractivity contribution in [2.24, 2.45) is 0 Å². The molecule has 5 N–H and O–H groups in total. The number of amides is 7. The predicted octanol–water partition coefficient (Wildman–Crippen LogP) is 4.42. The monoisotopic (exact) mass is 940 g/mol. The number of nitrogen functional groups attached to an aromatic ring is 1. The molecule has 2 aromatic heterocycles. The number of unbranched alkanes of at least 4 members (excludes halogenated alkanes) is 2. The van der Waals surface area contributed by atoms with Gasteiger partial charge in [0.05, 0.1) is 28.2 Å². The van der Waals surface area contributed by atoms with Crippen molar-refractivity contribution in [3.63, 3.8) is 0 Å². The quantitative estimate of drug-likeness (QED) is 0.0344. The van der Waals surface area contributed by atoms with Gasteiger partial charge in [-0.05, 0) is 100 Å². The zero-order valence-corrected chi connectivity index (χ0v) is 37.8. The van der Waals surface area contributed by atoms with Crippen LogP contribution in [0.15, 0.2) is 79.1 Å². The van der Waals surface area contributed by atoms with E-state index >= 15 is 0 Å². The number of hydrogen-bond acceptors (Lipinski definition) is 15. The minimum Gasteiger partial charge on any atom is -0.457 e. The molecule has 2 fully saturated rings. The summed E-state index contributed by atoms with van der Waals surface area (Å²) in [6.45, 7) is 3.99. The number of likely N-dealkylation sites (tertiary alicyclic amines) is 1. The Balaban J connectivity index is 0.744. The van der Waals surface area contributed by atoms with Crippen LogP contribution in [-0.4, -0.2) is 124 Å². The van der Waals surface area contributed by atoms with Crippen LogP contribution in [0.4, 0.5) is 11.5 Å². The largest absolute Gasteiger partial charge is 0.457 e. The third-order valence-electron chi connectivity index (χ3n) is 12.1. The average molecular weight is 941 g/mol. The van der Waals surface area contributed by atoms with Crippen molar-refractivity contribution in [1.29, 1.82) is 0 Å². The second-order valence-electron chi connectivity index (χ2n) is 16.8. The highest BCUT2D eigenvalue weighted by Crippen LogP contribution is 2.37. The number of hydrogen-bond donors (Lipinski definition) is 4. The number of anilines is 2. The first kappa shape index (κ1) is 47.8. The fourth-order valence-electron chi connectivity index (χ4n) is 8.67. The van der Waals surface area contributed by atoms with Crippen molar-refractivity contribution in [2.75, 3.05) is 57.1 Å². The Bertz CT molecular complexity index is 2770. The Morgan fingerprint density at radius 2 is 1.64 bits per heavy atom. The maximum absolute atomic E-state index is 13.3. The molecule has 7 amide bonds. The number of carbonyl (C=O) groups excluding carboxylic acids is 7. The molecule has 2 saturated heterocycles. The highest BCUT2D eigenvalue weighted by Gasteiger charge is 2.45. The van der Waals surface area contributed by atoms with Gasteiger partial charge in [-0.15, -0.1) is 0 Å². The molecule has 5 aromatic rings. The first-order chi connectivity index (χ1) is 33.6. The molecule has 1 unspecified atom stereocenters. The third-order valence-corrected chi connectivity index (χ3v) is 12.1. The van der Waals surface area contributed by atoms with Crippen LogP contribution >= 0.6 is 0 Å². The molecule has 0 aliphatic carbocycles. The number of aromatic nitrogens is 4. The van der Waals surface area contributed by atoms with Gasteiger partial charge in [-0.2, -0.15) is 5.10 Å². The molecule has 20 heteroatoms. The van der Waals surface area contributed by atoms with E-state index in [-0.39, 0.29) is 42.3 Å². The molecule has 0 saturated carbocycles. The minimum atomic E-state index is -1.10. The van der Waals surface area contributed by atoms with E-state index in [1.807, 2.05) is 47.1 Å². The molecule has 0 bridgehead atoms. The lowest BCUT2D eigenvalue weighted by atomic mass is 10.0. The van der Waals surface area contributed by atoms with Crippen molar-refractivity contribution in [3.8, 4) is 22.8 Å². The van der Waals surface area contributed by atoms with E-state index in [4.69, 9.17) is 25.0 Å². The number of nitrogens with zero attached hydrogens (tertiary/aromatic N) is 6. The lowest BCUT2D eigenvalue weighted by Gasteiger charge is -2.32. The maximum atomic E-state index is 13.3. The molecule has 69 heavy (non-hydrogen) atoms. The molecule has 1 atom stereocenters. The minimum absolute atomic E-state index is 0.00233. The van der Waals surface area contributed by atoms with Crippen molar-refractivity contribution < 1.29 is 47.8 Å². The summed E-state index contributed by atoms with van der Waals surface area (Å²) in [4.78, 5) is 98.3. The fraction of sp³-hybridized carbons (Fsp3) is 0.347. The van der Waals surface area contributed by atoms with Crippen LogP contribution in [0.25, 0.3) is 28.4 Å². The van der Waals surface area contributed by atoms with Gasteiger partial charge >= 0.3 is 0 Å². The van der Waals surface area contributed by atoms with Gasteiger partial charge in [0.25, 0.3) is 11.8 Å². The topological polar surface area (TPSA) is 259 Å². The number of nitrogens with two attached hydrogens (primary N) is 1. The second-order valence-corrected chi connectivity index (χ2v) is 16.8. The summed E-state index contributed by atoms with van der Waals surface area (Å²) in [5, 5.41) is 12.6. The molecule has 3 aliphatic heterocycles. The average Bonchev–Trinajstić information content (AvgIpc) is 3.86. The van der Waals surface area contributed by atoms with E-state index in [2.05, 4.69) is 30.8 Å². The van der Waals surface area contributed by atoms with E-state index in [0.29, 0.717) is 72.3 Å². The predicted molar refractivity (Wildman–Crippen MR) is 251 cm³/mol. The smallest absolute Gasteiger partial charge is 0.264 e. The van der Waals surface area contributed by atoms with Gasteiger partial charge in [0.2, 0.25) is 30.0 Å². The molecule has 3 aliphatic rings. The Hall–Kier alpha value is -7.68. The molecule has 0 spiro atoms. The van der Waals surface area contributed by atoms with Gasteiger partial charge < -0.3 is 30.2 Å². The molecule has 358 valence electrons. The van der Waals surface area contributed by atoms with Crippen LogP contribution in [0.2, 0.25) is 0 Å². The zero-order valence-electron chi connectivity index (χ0n) is 37.8. The zero-order chi connectivity index (χ0) is 48.3. The van der Waals surface area contributed by atoms with Crippen LogP contribution in [0.5, 0.6) is 11.5 Å². The van der Waals surface area contributed by atoms with Gasteiger partial charge in [0.1, 0.15) is 42.0 Å². The lowest BCUT2D eigenvalue weighted by Crippen LogP contribution is -2.54. The fourth-order valence-corrected chi connectivity index (χ4v) is 8.67. The summed E-state index contributed by atoms with van der Waals surface area (Å²) in [7, 11) is 0.